The summed E-state index contributed by atoms with van der Waals surface area (Å²) in [6.45, 7) is 0.574. The summed E-state index contributed by atoms with van der Waals surface area (Å²) >= 11 is 1.27. The van der Waals surface area contributed by atoms with Crippen LogP contribution in [-0.4, -0.2) is 45.0 Å². The summed E-state index contributed by atoms with van der Waals surface area (Å²) in [4.78, 5) is 26.5. The van der Waals surface area contributed by atoms with Gasteiger partial charge in [0, 0.05) is 0 Å². The lowest BCUT2D eigenvalue weighted by atomic mass is 10.2. The minimum Gasteiger partial charge on any atom is -0.477 e. The average molecular weight is 476 g/mol. The van der Waals surface area contributed by atoms with Crippen LogP contribution < -0.4 is 15.4 Å². The molecule has 2 amide bonds. The first-order chi connectivity index (χ1) is 16.6. The van der Waals surface area contributed by atoms with Crippen LogP contribution in [0.4, 0.5) is 5.69 Å². The third-order valence-electron chi connectivity index (χ3n) is 5.36. The van der Waals surface area contributed by atoms with Gasteiger partial charge in [-0.25, -0.2) is 0 Å². The minimum atomic E-state index is -0.906. The van der Waals surface area contributed by atoms with Gasteiger partial charge in [-0.05, 0) is 29.8 Å². The molecule has 0 aliphatic carbocycles. The number of nitrogens with zero attached hydrogens (tertiary/aromatic N) is 4. The molecule has 0 radical (unpaired) electrons. The maximum Gasteiger partial charge on any atom is 0.260 e. The maximum absolute atomic E-state index is 13.2. The lowest BCUT2D eigenvalue weighted by molar-refractivity contribution is -0.125. The summed E-state index contributed by atoms with van der Waals surface area (Å²) in [5.41, 5.74) is 7.13. The number of carbonyl (C=O) groups is 2. The molecular formula is C24H21N5O4S. The second kappa shape index (κ2) is 9.44. The number of para-hydroxylation sites is 2. The van der Waals surface area contributed by atoms with Crippen LogP contribution in [0.5, 0.6) is 5.75 Å². The Labute approximate surface area is 199 Å². The number of benzene rings is 2. The van der Waals surface area contributed by atoms with Gasteiger partial charge in [-0.2, -0.15) is 0 Å². The molecule has 10 heteroatoms. The van der Waals surface area contributed by atoms with E-state index in [4.69, 9.17) is 14.9 Å². The molecule has 2 aromatic carbocycles. The molecule has 0 bridgehead atoms. The van der Waals surface area contributed by atoms with Gasteiger partial charge in [-0.15, -0.1) is 10.2 Å². The predicted octanol–water partition coefficient (Wildman–Crippen LogP) is 2.96. The number of anilines is 1. The SMILES string of the molecule is NC(=O)C1CN(C(=O)CSc2nnc(-c3ccco3)n2Cc2ccccc2)c2ccccc2O1. The Hall–Kier alpha value is -4.05. The summed E-state index contributed by atoms with van der Waals surface area (Å²) in [7, 11) is 0. The van der Waals surface area contributed by atoms with E-state index in [2.05, 4.69) is 10.2 Å². The second-order valence-electron chi connectivity index (χ2n) is 7.62. The van der Waals surface area contributed by atoms with Crippen LogP contribution in [0.3, 0.4) is 0 Å². The number of hydrogen-bond acceptors (Lipinski definition) is 7. The number of primary amides is 1. The van der Waals surface area contributed by atoms with E-state index in [0.29, 0.717) is 34.7 Å². The highest BCUT2D eigenvalue weighted by Gasteiger charge is 2.32. The molecule has 34 heavy (non-hydrogen) atoms. The van der Waals surface area contributed by atoms with Gasteiger partial charge < -0.3 is 19.8 Å². The zero-order valence-electron chi connectivity index (χ0n) is 18.0. The highest BCUT2D eigenvalue weighted by atomic mass is 32.2. The van der Waals surface area contributed by atoms with E-state index in [1.54, 1.807) is 30.5 Å². The Balaban J connectivity index is 1.39. The summed E-state index contributed by atoms with van der Waals surface area (Å²) < 4.78 is 13.1. The standard InChI is InChI=1S/C24H21N5O4S/c25-22(31)20-14-28(17-9-4-5-10-18(17)33-20)21(30)15-34-24-27-26-23(19-11-6-12-32-19)29(24)13-16-7-2-1-3-8-16/h1-12,20H,13-15H2,(H2,25,31). The molecule has 1 unspecified atom stereocenters. The fourth-order valence-electron chi connectivity index (χ4n) is 3.72. The van der Waals surface area contributed by atoms with Crippen molar-refractivity contribution in [2.24, 2.45) is 5.73 Å². The molecule has 0 saturated heterocycles. The normalized spacial score (nSPS) is 14.9. The quantitative estimate of drug-likeness (QED) is 0.409. The van der Waals surface area contributed by atoms with E-state index in [9.17, 15) is 9.59 Å². The second-order valence-corrected chi connectivity index (χ2v) is 8.57. The van der Waals surface area contributed by atoms with Gasteiger partial charge in [0.1, 0.15) is 5.75 Å². The maximum atomic E-state index is 13.2. The third-order valence-corrected chi connectivity index (χ3v) is 6.31. The Morgan fingerprint density at radius 1 is 1.03 bits per heavy atom. The Morgan fingerprint density at radius 3 is 2.59 bits per heavy atom. The first-order valence-electron chi connectivity index (χ1n) is 10.6. The van der Waals surface area contributed by atoms with E-state index in [1.807, 2.05) is 47.0 Å². The van der Waals surface area contributed by atoms with Crippen molar-refractivity contribution in [1.29, 1.82) is 0 Å². The summed E-state index contributed by atoms with van der Waals surface area (Å²) in [6, 6.07) is 20.6. The highest BCUT2D eigenvalue weighted by Crippen LogP contribution is 2.34. The first-order valence-corrected chi connectivity index (χ1v) is 11.6. The number of aromatic nitrogens is 3. The van der Waals surface area contributed by atoms with Crippen molar-refractivity contribution in [3.05, 3.63) is 78.6 Å². The Kier molecular flexibility index (Phi) is 6.05. The van der Waals surface area contributed by atoms with Gasteiger partial charge in [0.2, 0.25) is 11.7 Å². The van der Waals surface area contributed by atoms with Crippen molar-refractivity contribution < 1.29 is 18.7 Å². The van der Waals surface area contributed by atoms with Gasteiger partial charge in [0.05, 0.1) is 30.8 Å². The molecule has 0 spiro atoms. The molecule has 2 N–H and O–H groups in total. The van der Waals surface area contributed by atoms with Gasteiger partial charge >= 0.3 is 0 Å². The number of rotatable bonds is 7. The smallest absolute Gasteiger partial charge is 0.260 e. The van der Waals surface area contributed by atoms with Crippen LogP contribution >= 0.6 is 11.8 Å². The van der Waals surface area contributed by atoms with E-state index < -0.39 is 12.0 Å². The fourth-order valence-corrected chi connectivity index (χ4v) is 4.53. The van der Waals surface area contributed by atoms with Crippen molar-refractivity contribution in [2.75, 3.05) is 17.2 Å². The average Bonchev–Trinajstić information content (AvgIpc) is 3.52. The van der Waals surface area contributed by atoms with E-state index in [-0.39, 0.29) is 18.2 Å². The van der Waals surface area contributed by atoms with E-state index in [0.717, 1.165) is 5.56 Å². The molecule has 1 aliphatic heterocycles. The zero-order chi connectivity index (χ0) is 23.5. The van der Waals surface area contributed by atoms with Crippen LogP contribution in [0.2, 0.25) is 0 Å². The number of fused-ring (bicyclic) bond motifs is 1. The summed E-state index contributed by atoms with van der Waals surface area (Å²) in [5.74, 6) is 0.891. The molecule has 2 aromatic heterocycles. The molecule has 9 nitrogen and oxygen atoms in total. The number of nitrogens with two attached hydrogens (primary N) is 1. The Morgan fingerprint density at radius 2 is 1.82 bits per heavy atom. The first kappa shape index (κ1) is 21.8. The van der Waals surface area contributed by atoms with Crippen molar-refractivity contribution in [2.45, 2.75) is 17.8 Å². The summed E-state index contributed by atoms with van der Waals surface area (Å²) in [5, 5.41) is 9.21. The van der Waals surface area contributed by atoms with Crippen LogP contribution in [-0.2, 0) is 16.1 Å². The van der Waals surface area contributed by atoms with Crippen molar-refractivity contribution in [3.8, 4) is 17.3 Å². The van der Waals surface area contributed by atoms with Crippen LogP contribution in [0.15, 0.2) is 82.6 Å². The van der Waals surface area contributed by atoms with Gasteiger partial charge in [0.15, 0.2) is 17.0 Å². The number of ether oxygens (including phenoxy) is 1. The molecule has 1 aliphatic rings. The monoisotopic (exact) mass is 475 g/mol. The van der Waals surface area contributed by atoms with Gasteiger partial charge in [-0.3, -0.25) is 14.2 Å². The van der Waals surface area contributed by atoms with Crippen molar-refractivity contribution >= 4 is 29.3 Å². The van der Waals surface area contributed by atoms with Crippen LogP contribution in [0, 0.1) is 0 Å². The molecule has 172 valence electrons. The Bertz CT molecular complexity index is 1310. The number of carbonyl (C=O) groups excluding carboxylic acids is 2. The molecule has 4 aromatic rings. The number of amides is 2. The molecule has 1 atom stereocenters. The van der Waals surface area contributed by atoms with Crippen LogP contribution in [0.25, 0.3) is 11.6 Å². The van der Waals surface area contributed by atoms with Crippen molar-refractivity contribution in [3.63, 3.8) is 0 Å². The molecule has 5 rings (SSSR count). The largest absolute Gasteiger partial charge is 0.477 e. The topological polar surface area (TPSA) is 116 Å². The number of thioether (sulfide) groups is 1. The molecular weight excluding hydrogens is 454 g/mol. The minimum absolute atomic E-state index is 0.0556. The molecule has 3 heterocycles. The van der Waals surface area contributed by atoms with Gasteiger partial charge in [-0.1, -0.05) is 54.2 Å². The predicted molar refractivity (Wildman–Crippen MR) is 126 cm³/mol. The third kappa shape index (κ3) is 4.40. The summed E-state index contributed by atoms with van der Waals surface area (Å²) in [6.07, 6.45) is 0.675. The highest BCUT2D eigenvalue weighted by molar-refractivity contribution is 7.99. The lowest BCUT2D eigenvalue weighted by Gasteiger charge is -2.33. The van der Waals surface area contributed by atoms with E-state index in [1.165, 1.54) is 16.7 Å². The lowest BCUT2D eigenvalue weighted by Crippen LogP contribution is -2.49. The molecule has 0 saturated carbocycles. The number of hydrogen-bond donors (Lipinski definition) is 1. The van der Waals surface area contributed by atoms with Gasteiger partial charge in [0.25, 0.3) is 5.91 Å². The zero-order valence-corrected chi connectivity index (χ0v) is 18.9. The van der Waals surface area contributed by atoms with E-state index >= 15 is 0 Å². The number of furan rings is 1. The molecule has 0 fully saturated rings. The van der Waals surface area contributed by atoms with Crippen LogP contribution in [0.1, 0.15) is 5.56 Å². The fraction of sp³-hybridized carbons (Fsp3) is 0.167. The van der Waals surface area contributed by atoms with Crippen molar-refractivity contribution in [1.82, 2.24) is 14.8 Å².